The molecular weight excluding hydrogens is 248 g/mol. The van der Waals surface area contributed by atoms with Gasteiger partial charge in [0.15, 0.2) is 17.8 Å². The second kappa shape index (κ2) is 5.00. The summed E-state index contributed by atoms with van der Waals surface area (Å²) < 4.78 is 4.68. The highest BCUT2D eigenvalue weighted by atomic mass is 16.6. The van der Waals surface area contributed by atoms with Crippen molar-refractivity contribution in [1.29, 1.82) is 0 Å². The van der Waals surface area contributed by atoms with Crippen molar-refractivity contribution in [1.82, 2.24) is 9.97 Å². The molecule has 1 aromatic heterocycles. The number of rotatable bonds is 2. The number of H-pyrrole nitrogens is 1. The summed E-state index contributed by atoms with van der Waals surface area (Å²) in [4.78, 5) is 28.0. The Bertz CT molecular complexity index is 503. The van der Waals surface area contributed by atoms with Gasteiger partial charge < -0.3 is 20.3 Å². The molecule has 0 amide bonds. The molecular formula is C8H12N4O6. The molecule has 2 rings (SSSR count). The smallest absolute Gasteiger partial charge is 0.299 e. The highest BCUT2D eigenvalue weighted by Crippen LogP contribution is 2.32. The van der Waals surface area contributed by atoms with E-state index in [0.29, 0.717) is 0 Å². The van der Waals surface area contributed by atoms with Crippen molar-refractivity contribution in [2.75, 3.05) is 24.6 Å². The average molecular weight is 260 g/mol. The zero-order valence-electron chi connectivity index (χ0n) is 9.54. The highest BCUT2D eigenvalue weighted by Gasteiger charge is 2.45. The predicted octanol–water partition coefficient (Wildman–Crippen LogP) is -2.15. The zero-order chi connectivity index (χ0) is 13.9. The molecule has 10 nitrogen and oxygen atoms in total. The fourth-order valence-electron chi connectivity index (χ4n) is 1.30. The molecule has 1 aliphatic heterocycles. The van der Waals surface area contributed by atoms with Gasteiger partial charge in [0, 0.05) is 7.11 Å². The molecule has 0 saturated heterocycles. The Morgan fingerprint density at radius 3 is 2.61 bits per heavy atom. The number of fused-ring (bicyclic) bond motifs is 1. The van der Waals surface area contributed by atoms with E-state index in [1.165, 1.54) is 7.11 Å². The quantitative estimate of drug-likeness (QED) is 0.375. The van der Waals surface area contributed by atoms with Gasteiger partial charge in [0.1, 0.15) is 0 Å². The number of nitrogens with zero attached hydrogens (tertiary/aromatic N) is 2. The normalized spacial score (nSPS) is 20.4. The monoisotopic (exact) mass is 260 g/mol. The first-order chi connectivity index (χ1) is 8.51. The number of anilines is 2. The molecule has 0 saturated carbocycles. The zero-order valence-corrected chi connectivity index (χ0v) is 9.54. The van der Waals surface area contributed by atoms with E-state index < -0.39 is 11.4 Å². The van der Waals surface area contributed by atoms with E-state index in [0.717, 1.165) is 7.11 Å². The second-order valence-corrected chi connectivity index (χ2v) is 3.05. The molecule has 5 N–H and O–H groups in total. The van der Waals surface area contributed by atoms with Crippen molar-refractivity contribution in [3.05, 3.63) is 10.4 Å². The van der Waals surface area contributed by atoms with Crippen LogP contribution >= 0.6 is 0 Å². The molecule has 2 heterocycles. The molecule has 0 radical (unpaired) electrons. The van der Waals surface area contributed by atoms with Gasteiger partial charge >= 0.3 is 0 Å². The number of carbonyl (C=O) groups is 1. The van der Waals surface area contributed by atoms with Gasteiger partial charge in [-0.25, -0.2) is 0 Å². The number of aliphatic hydroxyl groups is 2. The van der Waals surface area contributed by atoms with Crippen LogP contribution in [0, 0.1) is 0 Å². The largest absolute Gasteiger partial charge is 0.468 e. The predicted molar refractivity (Wildman–Crippen MR) is 58.5 cm³/mol. The van der Waals surface area contributed by atoms with Crippen molar-refractivity contribution >= 4 is 17.8 Å². The minimum Gasteiger partial charge on any atom is -0.468 e. The molecule has 1 aromatic rings. The molecule has 0 aliphatic carbocycles. The maximum atomic E-state index is 11.5. The molecule has 1 atom stereocenters. The van der Waals surface area contributed by atoms with Crippen LogP contribution in [0.3, 0.4) is 0 Å². The van der Waals surface area contributed by atoms with Gasteiger partial charge in [-0.15, -0.1) is 0 Å². The number of hydrogen-bond donors (Lipinski definition) is 5. The van der Waals surface area contributed by atoms with Gasteiger partial charge in [-0.3, -0.25) is 19.8 Å². The number of aldehydes is 1. The summed E-state index contributed by atoms with van der Waals surface area (Å²) in [5.41, 5.74) is -1.12. The van der Waals surface area contributed by atoms with Gasteiger partial charge in [0.2, 0.25) is 0 Å². The van der Waals surface area contributed by atoms with E-state index in [1.807, 2.05) is 0 Å². The first kappa shape index (κ1) is 13.9. The summed E-state index contributed by atoms with van der Waals surface area (Å²) in [5, 5.41) is 28.3. The molecule has 0 aromatic carbocycles. The fourth-order valence-corrected chi connectivity index (χ4v) is 1.30. The molecule has 0 bridgehead atoms. The lowest BCUT2D eigenvalue weighted by molar-refractivity contribution is -0.126. The molecule has 0 spiro atoms. The number of aromatic amines is 1. The lowest BCUT2D eigenvalue weighted by atomic mass is 10.4. The van der Waals surface area contributed by atoms with Gasteiger partial charge in [0.05, 0.1) is 7.11 Å². The Morgan fingerprint density at radius 1 is 1.50 bits per heavy atom. The molecule has 0 fully saturated rings. The minimum atomic E-state index is -2.39. The van der Waals surface area contributed by atoms with Crippen molar-refractivity contribution in [3.63, 3.8) is 0 Å². The average Bonchev–Trinajstić information content (AvgIpc) is 2.65. The molecule has 10 heteroatoms. The summed E-state index contributed by atoms with van der Waals surface area (Å²) in [7, 11) is 2.28. The Hall–Kier alpha value is -2.17. The van der Waals surface area contributed by atoms with Crippen LogP contribution in [0.1, 0.15) is 0 Å². The number of aliphatic hydroxyl groups excluding tert-OH is 1. The SMILES string of the molecule is CO.COc1nc2c(c(=O)[nH]1)N(O)C(O)(C=O)N2. The van der Waals surface area contributed by atoms with Gasteiger partial charge in [-0.05, 0) is 0 Å². The van der Waals surface area contributed by atoms with Crippen LogP contribution in [0.2, 0.25) is 0 Å². The van der Waals surface area contributed by atoms with Crippen molar-refractivity contribution < 1.29 is 25.0 Å². The third-order valence-electron chi connectivity index (χ3n) is 2.07. The van der Waals surface area contributed by atoms with Crippen molar-refractivity contribution in [2.24, 2.45) is 0 Å². The van der Waals surface area contributed by atoms with E-state index in [4.69, 9.17) is 5.11 Å². The lowest BCUT2D eigenvalue weighted by Crippen LogP contribution is -2.51. The summed E-state index contributed by atoms with van der Waals surface area (Å²) in [5.74, 6) is -2.55. The number of aromatic nitrogens is 2. The number of hydrogen-bond acceptors (Lipinski definition) is 9. The molecule has 18 heavy (non-hydrogen) atoms. The number of nitrogens with one attached hydrogen (secondary N) is 2. The lowest BCUT2D eigenvalue weighted by Gasteiger charge is -2.22. The standard InChI is InChI=1S/C7H8N4O5.CH4O/c1-16-6-8-4-3(5(13)9-6)11(15)7(14,2-12)10-4;1-2/h2,14-15H,1H3,(H2,8,9,10,13);2H,1H3. The summed E-state index contributed by atoms with van der Waals surface area (Å²) in [6, 6.07) is -0.111. The maximum absolute atomic E-state index is 11.5. The van der Waals surface area contributed by atoms with Crippen LogP contribution in [0.5, 0.6) is 6.01 Å². The maximum Gasteiger partial charge on any atom is 0.299 e. The van der Waals surface area contributed by atoms with E-state index in [1.54, 1.807) is 0 Å². The number of hydroxylamine groups is 1. The van der Waals surface area contributed by atoms with E-state index in [9.17, 15) is 19.9 Å². The Morgan fingerprint density at radius 2 is 2.11 bits per heavy atom. The number of ether oxygens (including phenoxy) is 1. The summed E-state index contributed by atoms with van der Waals surface area (Å²) in [6.45, 7) is 0. The third kappa shape index (κ3) is 1.99. The third-order valence-corrected chi connectivity index (χ3v) is 2.07. The topological polar surface area (TPSA) is 148 Å². The van der Waals surface area contributed by atoms with Crippen molar-refractivity contribution in [2.45, 2.75) is 5.85 Å². The molecule has 1 unspecified atom stereocenters. The van der Waals surface area contributed by atoms with Crippen LogP contribution in [0.4, 0.5) is 11.5 Å². The van der Waals surface area contributed by atoms with Crippen LogP contribution < -0.4 is 20.7 Å². The first-order valence-electron chi connectivity index (χ1n) is 4.61. The van der Waals surface area contributed by atoms with Crippen LogP contribution in [-0.4, -0.2) is 51.7 Å². The Labute approximate surface area is 100 Å². The van der Waals surface area contributed by atoms with Gasteiger partial charge in [0.25, 0.3) is 17.4 Å². The Balaban J connectivity index is 0.000000771. The van der Waals surface area contributed by atoms with Crippen LogP contribution in [0.25, 0.3) is 0 Å². The van der Waals surface area contributed by atoms with E-state index in [-0.39, 0.29) is 28.9 Å². The molecule has 1 aliphatic rings. The number of carbonyl (C=O) groups excluding carboxylic acids is 1. The van der Waals surface area contributed by atoms with E-state index in [2.05, 4.69) is 20.0 Å². The summed E-state index contributed by atoms with van der Waals surface area (Å²) >= 11 is 0. The first-order valence-corrected chi connectivity index (χ1v) is 4.61. The van der Waals surface area contributed by atoms with Crippen LogP contribution in [-0.2, 0) is 4.79 Å². The second-order valence-electron chi connectivity index (χ2n) is 3.05. The summed E-state index contributed by atoms with van der Waals surface area (Å²) in [6.07, 6.45) is 0.0284. The van der Waals surface area contributed by atoms with E-state index >= 15 is 0 Å². The van der Waals surface area contributed by atoms with Gasteiger partial charge in [-0.1, -0.05) is 0 Å². The Kier molecular flexibility index (Phi) is 3.86. The highest BCUT2D eigenvalue weighted by molar-refractivity contribution is 5.82. The van der Waals surface area contributed by atoms with Crippen LogP contribution in [0.15, 0.2) is 4.79 Å². The fraction of sp³-hybridized carbons (Fsp3) is 0.375. The number of methoxy groups -OCH3 is 1. The minimum absolute atomic E-state index is 0.0284. The van der Waals surface area contributed by atoms with Gasteiger partial charge in [-0.2, -0.15) is 10.0 Å². The van der Waals surface area contributed by atoms with Crippen molar-refractivity contribution in [3.8, 4) is 6.01 Å². The molecule has 100 valence electrons.